The first-order valence-corrected chi connectivity index (χ1v) is 3.60. The van der Waals surface area contributed by atoms with E-state index in [0.29, 0.717) is 5.39 Å². The van der Waals surface area contributed by atoms with Crippen LogP contribution in [0.1, 0.15) is 10.6 Å². The minimum Gasteiger partial charge on any atom is -0.475 e. The molecule has 3 nitrogen and oxygen atoms in total. The number of hydrogen-bond acceptors (Lipinski definition) is 2. The molecule has 1 aromatic heterocycles. The molecule has 0 spiro atoms. The number of fused-ring (bicyclic) bond motifs is 1. The van der Waals surface area contributed by atoms with E-state index in [1.54, 1.807) is 6.07 Å². The third-order valence-electron chi connectivity index (χ3n) is 1.71. The lowest BCUT2D eigenvalue weighted by Gasteiger charge is -1.87. The third-order valence-corrected chi connectivity index (χ3v) is 1.71. The molecular weight excluding hydrogens is 175 g/mol. The molecule has 66 valence electrons. The second kappa shape index (κ2) is 2.58. The molecule has 0 fully saturated rings. The maximum Gasteiger partial charge on any atom is 0.371 e. The fourth-order valence-electron chi connectivity index (χ4n) is 1.13. The maximum atomic E-state index is 13.0. The first-order valence-electron chi connectivity index (χ1n) is 3.60. The zero-order valence-electron chi connectivity index (χ0n) is 6.45. The summed E-state index contributed by atoms with van der Waals surface area (Å²) in [5.41, 5.74) is -0.0140. The Morgan fingerprint density at radius 1 is 1.46 bits per heavy atom. The van der Waals surface area contributed by atoms with Crippen LogP contribution in [0.15, 0.2) is 28.7 Å². The molecule has 2 rings (SSSR count). The largest absolute Gasteiger partial charge is 0.475 e. The van der Waals surface area contributed by atoms with E-state index in [0.717, 1.165) is 0 Å². The van der Waals surface area contributed by atoms with Gasteiger partial charge in [0.25, 0.3) is 0 Å². The lowest BCUT2D eigenvalue weighted by molar-refractivity contribution is 0.0665. The minimum atomic E-state index is -1.20. The van der Waals surface area contributed by atoms with Crippen molar-refractivity contribution in [1.29, 1.82) is 0 Å². The number of para-hydroxylation sites is 1. The summed E-state index contributed by atoms with van der Waals surface area (Å²) in [6.07, 6.45) is 0. The third kappa shape index (κ3) is 1.16. The molecule has 0 unspecified atom stereocenters. The van der Waals surface area contributed by atoms with Gasteiger partial charge in [0.2, 0.25) is 5.76 Å². The van der Waals surface area contributed by atoms with Crippen LogP contribution in [0.2, 0.25) is 0 Å². The van der Waals surface area contributed by atoms with E-state index in [1.165, 1.54) is 18.2 Å². The van der Waals surface area contributed by atoms with Crippen LogP contribution in [0, 0.1) is 5.82 Å². The van der Waals surface area contributed by atoms with Gasteiger partial charge in [-0.1, -0.05) is 12.1 Å². The summed E-state index contributed by atoms with van der Waals surface area (Å²) in [5, 5.41) is 9.02. The maximum absolute atomic E-state index is 13.0. The quantitative estimate of drug-likeness (QED) is 0.732. The molecule has 0 saturated carbocycles. The average Bonchev–Trinajstić information content (AvgIpc) is 2.49. The second-order valence-electron chi connectivity index (χ2n) is 2.57. The Labute approximate surface area is 72.4 Å². The molecule has 0 saturated heterocycles. The van der Waals surface area contributed by atoms with Crippen molar-refractivity contribution in [2.45, 2.75) is 0 Å². The highest BCUT2D eigenvalue weighted by Crippen LogP contribution is 2.21. The molecule has 0 bridgehead atoms. The summed E-state index contributed by atoms with van der Waals surface area (Å²) < 4.78 is 17.8. The zero-order valence-corrected chi connectivity index (χ0v) is 6.45. The van der Waals surface area contributed by atoms with Gasteiger partial charge >= 0.3 is 5.97 Å². The first kappa shape index (κ1) is 7.79. The van der Waals surface area contributed by atoms with Crippen molar-refractivity contribution in [1.82, 2.24) is 0 Å². The summed E-state index contributed by atoms with van der Waals surface area (Å²) in [7, 11) is 0. The molecule has 0 atom stereocenters. The van der Waals surface area contributed by atoms with E-state index in [4.69, 9.17) is 9.52 Å². The SMILES string of the molecule is O=C(O)c1cc2cccc(F)c2o1. The molecule has 0 aliphatic heterocycles. The van der Waals surface area contributed by atoms with Gasteiger partial charge in [0, 0.05) is 5.39 Å². The van der Waals surface area contributed by atoms with Gasteiger partial charge in [-0.25, -0.2) is 9.18 Å². The molecule has 2 aromatic rings. The van der Waals surface area contributed by atoms with E-state index < -0.39 is 11.8 Å². The van der Waals surface area contributed by atoms with Gasteiger partial charge in [-0.2, -0.15) is 0 Å². The molecule has 1 heterocycles. The van der Waals surface area contributed by atoms with Gasteiger partial charge in [-0.05, 0) is 12.1 Å². The Bertz CT molecular complexity index is 473. The molecule has 4 heteroatoms. The van der Waals surface area contributed by atoms with Crippen LogP contribution in [0.25, 0.3) is 11.0 Å². The molecule has 0 radical (unpaired) electrons. The molecule has 0 amide bonds. The summed E-state index contributed by atoms with van der Waals surface area (Å²) in [6, 6.07) is 5.60. The number of benzene rings is 1. The summed E-state index contributed by atoms with van der Waals surface area (Å²) in [6.45, 7) is 0. The van der Waals surface area contributed by atoms with Gasteiger partial charge < -0.3 is 9.52 Å². The number of hydrogen-bond donors (Lipinski definition) is 1. The van der Waals surface area contributed by atoms with E-state index in [2.05, 4.69) is 0 Å². The molecular formula is C9H5FO3. The number of furan rings is 1. The lowest BCUT2D eigenvalue weighted by Crippen LogP contribution is -1.91. The highest BCUT2D eigenvalue weighted by molar-refractivity contribution is 5.91. The van der Waals surface area contributed by atoms with E-state index in [-0.39, 0.29) is 11.3 Å². The number of carboxylic acids is 1. The standard InChI is InChI=1S/C9H5FO3/c10-6-3-1-2-5-4-7(9(11)12)13-8(5)6/h1-4H,(H,11,12). The number of carbonyl (C=O) groups is 1. The molecule has 0 aliphatic carbocycles. The van der Waals surface area contributed by atoms with Crippen molar-refractivity contribution in [3.8, 4) is 0 Å². The van der Waals surface area contributed by atoms with Gasteiger partial charge in [-0.3, -0.25) is 0 Å². The van der Waals surface area contributed by atoms with Gasteiger partial charge in [0.15, 0.2) is 11.4 Å². The van der Waals surface area contributed by atoms with Crippen molar-refractivity contribution in [3.05, 3.63) is 35.8 Å². The van der Waals surface area contributed by atoms with E-state index >= 15 is 0 Å². The monoisotopic (exact) mass is 180 g/mol. The van der Waals surface area contributed by atoms with Crippen molar-refractivity contribution >= 4 is 16.9 Å². The first-order chi connectivity index (χ1) is 6.18. The minimum absolute atomic E-state index is 0.0140. The van der Waals surface area contributed by atoms with Crippen LogP contribution in [0.3, 0.4) is 0 Å². The zero-order chi connectivity index (χ0) is 9.42. The van der Waals surface area contributed by atoms with Crippen LogP contribution in [0.4, 0.5) is 4.39 Å². The normalized spacial score (nSPS) is 10.5. The molecule has 1 aromatic carbocycles. The Balaban J connectivity index is 2.75. The van der Waals surface area contributed by atoms with Gasteiger partial charge in [-0.15, -0.1) is 0 Å². The fourth-order valence-corrected chi connectivity index (χ4v) is 1.13. The van der Waals surface area contributed by atoms with Gasteiger partial charge in [0.1, 0.15) is 0 Å². The summed E-state index contributed by atoms with van der Waals surface area (Å²) in [4.78, 5) is 10.5. The van der Waals surface area contributed by atoms with Crippen molar-refractivity contribution in [2.75, 3.05) is 0 Å². The topological polar surface area (TPSA) is 50.4 Å². The Morgan fingerprint density at radius 3 is 2.85 bits per heavy atom. The average molecular weight is 180 g/mol. The fraction of sp³-hybridized carbons (Fsp3) is 0. The highest BCUT2D eigenvalue weighted by Gasteiger charge is 2.12. The van der Waals surface area contributed by atoms with Crippen molar-refractivity contribution < 1.29 is 18.7 Å². The number of rotatable bonds is 1. The van der Waals surface area contributed by atoms with Crippen LogP contribution >= 0.6 is 0 Å². The number of carboxylic acid groups (broad SMARTS) is 1. The van der Waals surface area contributed by atoms with E-state index in [1.807, 2.05) is 0 Å². The van der Waals surface area contributed by atoms with Crippen LogP contribution in [-0.2, 0) is 0 Å². The van der Waals surface area contributed by atoms with Gasteiger partial charge in [0.05, 0.1) is 0 Å². The second-order valence-corrected chi connectivity index (χ2v) is 2.57. The van der Waals surface area contributed by atoms with Crippen molar-refractivity contribution in [2.24, 2.45) is 0 Å². The molecule has 13 heavy (non-hydrogen) atoms. The van der Waals surface area contributed by atoms with Crippen LogP contribution in [-0.4, -0.2) is 11.1 Å². The summed E-state index contributed by atoms with van der Waals surface area (Å²) >= 11 is 0. The Kier molecular flexibility index (Phi) is 1.55. The van der Waals surface area contributed by atoms with E-state index in [9.17, 15) is 9.18 Å². The Morgan fingerprint density at radius 2 is 2.23 bits per heavy atom. The predicted octanol–water partition coefficient (Wildman–Crippen LogP) is 2.27. The molecule has 0 aliphatic rings. The predicted molar refractivity (Wildman–Crippen MR) is 43.1 cm³/mol. The number of halogens is 1. The molecule has 1 N–H and O–H groups in total. The smallest absolute Gasteiger partial charge is 0.371 e. The number of aromatic carboxylic acids is 1. The lowest BCUT2D eigenvalue weighted by atomic mass is 10.2. The summed E-state index contributed by atoms with van der Waals surface area (Å²) in [5.74, 6) is -2.00. The Hall–Kier alpha value is -1.84. The van der Waals surface area contributed by atoms with Crippen molar-refractivity contribution in [3.63, 3.8) is 0 Å². The van der Waals surface area contributed by atoms with Crippen LogP contribution < -0.4 is 0 Å². The van der Waals surface area contributed by atoms with Crippen LogP contribution in [0.5, 0.6) is 0 Å². The highest BCUT2D eigenvalue weighted by atomic mass is 19.1.